The summed E-state index contributed by atoms with van der Waals surface area (Å²) in [7, 11) is 0. The second-order valence-corrected chi connectivity index (χ2v) is 4.61. The molecule has 0 unspecified atom stereocenters. The van der Waals surface area contributed by atoms with Crippen molar-refractivity contribution in [3.05, 3.63) is 23.4 Å². The van der Waals surface area contributed by atoms with Crippen molar-refractivity contribution < 1.29 is 23.1 Å². The Bertz CT molecular complexity index is 565. The highest BCUT2D eigenvalue weighted by Gasteiger charge is 2.34. The third kappa shape index (κ3) is 4.34. The molecule has 0 saturated heterocycles. The van der Waals surface area contributed by atoms with Crippen LogP contribution in [-0.2, 0) is 11.0 Å². The van der Waals surface area contributed by atoms with Gasteiger partial charge in [0.2, 0.25) is 0 Å². The minimum atomic E-state index is -4.63. The van der Waals surface area contributed by atoms with Crippen molar-refractivity contribution in [1.29, 1.82) is 5.26 Å². The fraction of sp³-hybridized carbons (Fsp3) is 0.462. The molecule has 1 N–H and O–H groups in total. The number of aromatic nitrogens is 1. The molecule has 0 aromatic carbocycles. The van der Waals surface area contributed by atoms with Gasteiger partial charge in [0.25, 0.3) is 0 Å². The average molecular weight is 301 g/mol. The topological polar surface area (TPSA) is 77.2 Å². The number of carbonyl (C=O) groups is 1. The zero-order valence-electron chi connectivity index (χ0n) is 11.5. The van der Waals surface area contributed by atoms with Gasteiger partial charge >= 0.3 is 12.1 Å². The minimum Gasteiger partial charge on any atom is -0.481 e. The zero-order chi connectivity index (χ0) is 16.2. The number of aliphatic carboxylic acids is 1. The Balaban J connectivity index is 3.28. The zero-order valence-corrected chi connectivity index (χ0v) is 11.5. The maximum atomic E-state index is 12.7. The monoisotopic (exact) mass is 301 g/mol. The second kappa shape index (κ2) is 6.43. The maximum absolute atomic E-state index is 12.7. The summed E-state index contributed by atoms with van der Waals surface area (Å²) in [6.45, 7) is 3.34. The Kier molecular flexibility index (Phi) is 5.13. The summed E-state index contributed by atoms with van der Waals surface area (Å²) in [6, 6.07) is 3.26. The van der Waals surface area contributed by atoms with Crippen LogP contribution in [0.1, 0.15) is 31.5 Å². The smallest absolute Gasteiger partial charge is 0.433 e. The van der Waals surface area contributed by atoms with Crippen LogP contribution >= 0.6 is 0 Å². The Morgan fingerprint density at radius 3 is 2.52 bits per heavy atom. The van der Waals surface area contributed by atoms with Crippen molar-refractivity contribution in [2.75, 3.05) is 11.4 Å². The van der Waals surface area contributed by atoms with Crippen molar-refractivity contribution in [2.24, 2.45) is 0 Å². The lowest BCUT2D eigenvalue weighted by Crippen LogP contribution is -2.34. The van der Waals surface area contributed by atoms with Crippen molar-refractivity contribution >= 4 is 11.8 Å². The summed E-state index contributed by atoms with van der Waals surface area (Å²) in [5.41, 5.74) is -1.14. The van der Waals surface area contributed by atoms with E-state index in [9.17, 15) is 18.0 Å². The first-order valence-corrected chi connectivity index (χ1v) is 6.13. The van der Waals surface area contributed by atoms with E-state index in [-0.39, 0.29) is 30.4 Å². The number of hydrogen-bond donors (Lipinski definition) is 1. The highest BCUT2D eigenvalue weighted by Crippen LogP contribution is 2.31. The first-order chi connectivity index (χ1) is 9.66. The molecule has 0 radical (unpaired) electrons. The molecular weight excluding hydrogens is 287 g/mol. The number of carboxylic acids is 1. The van der Waals surface area contributed by atoms with E-state index in [0.717, 1.165) is 12.1 Å². The van der Waals surface area contributed by atoms with Crippen molar-refractivity contribution in [1.82, 2.24) is 4.98 Å². The number of halogens is 3. The van der Waals surface area contributed by atoms with Gasteiger partial charge in [0.05, 0.1) is 12.0 Å². The van der Waals surface area contributed by atoms with Crippen LogP contribution in [0.5, 0.6) is 0 Å². The molecule has 1 aromatic rings. The Hall–Kier alpha value is -2.30. The van der Waals surface area contributed by atoms with E-state index in [1.807, 2.05) is 0 Å². The summed E-state index contributed by atoms with van der Waals surface area (Å²) in [4.78, 5) is 15.5. The van der Waals surface area contributed by atoms with Crippen LogP contribution in [0.2, 0.25) is 0 Å². The normalized spacial score (nSPS) is 11.3. The minimum absolute atomic E-state index is 0.0258. The molecule has 1 heterocycles. The molecule has 0 spiro atoms. The molecular formula is C13H14F3N3O2. The van der Waals surface area contributed by atoms with Gasteiger partial charge in [-0.25, -0.2) is 4.98 Å². The van der Waals surface area contributed by atoms with Crippen LogP contribution in [0.15, 0.2) is 12.1 Å². The molecule has 5 nitrogen and oxygen atoms in total. The lowest BCUT2D eigenvalue weighted by Gasteiger charge is -2.28. The molecule has 0 atom stereocenters. The van der Waals surface area contributed by atoms with Gasteiger partial charge in [-0.05, 0) is 26.0 Å². The third-order valence-electron chi connectivity index (χ3n) is 2.75. The number of carboxylic acid groups (broad SMARTS) is 1. The maximum Gasteiger partial charge on any atom is 0.433 e. The first-order valence-electron chi connectivity index (χ1n) is 6.13. The van der Waals surface area contributed by atoms with Gasteiger partial charge in [-0.15, -0.1) is 0 Å². The van der Waals surface area contributed by atoms with E-state index in [2.05, 4.69) is 4.98 Å². The fourth-order valence-electron chi connectivity index (χ4n) is 1.74. The van der Waals surface area contributed by atoms with E-state index in [1.165, 1.54) is 4.90 Å². The largest absolute Gasteiger partial charge is 0.481 e. The molecule has 0 aliphatic rings. The number of nitriles is 1. The Morgan fingerprint density at radius 1 is 1.48 bits per heavy atom. The Labute approximate surface area is 119 Å². The molecule has 0 amide bonds. The lowest BCUT2D eigenvalue weighted by atomic mass is 10.2. The third-order valence-corrected chi connectivity index (χ3v) is 2.75. The molecule has 8 heteroatoms. The van der Waals surface area contributed by atoms with E-state index in [0.29, 0.717) is 0 Å². The number of pyridine rings is 1. The van der Waals surface area contributed by atoms with E-state index < -0.39 is 17.8 Å². The van der Waals surface area contributed by atoms with Gasteiger partial charge in [-0.3, -0.25) is 4.79 Å². The molecule has 21 heavy (non-hydrogen) atoms. The summed E-state index contributed by atoms with van der Waals surface area (Å²) < 4.78 is 38.2. The van der Waals surface area contributed by atoms with E-state index in [4.69, 9.17) is 10.4 Å². The van der Waals surface area contributed by atoms with Crippen molar-refractivity contribution in [2.45, 2.75) is 32.5 Å². The molecule has 0 aliphatic carbocycles. The van der Waals surface area contributed by atoms with Crippen LogP contribution in [0.25, 0.3) is 0 Å². The SMILES string of the molecule is CC(C)N(CCC(=O)O)c1nc(C(F)(F)F)ccc1C#N. The highest BCUT2D eigenvalue weighted by molar-refractivity contribution is 5.68. The number of rotatable bonds is 5. The molecule has 1 rings (SSSR count). The lowest BCUT2D eigenvalue weighted by molar-refractivity contribution is -0.141. The Morgan fingerprint density at radius 2 is 2.10 bits per heavy atom. The van der Waals surface area contributed by atoms with Crippen LogP contribution in [-0.4, -0.2) is 28.6 Å². The van der Waals surface area contributed by atoms with Crippen LogP contribution in [0, 0.1) is 11.3 Å². The number of hydrogen-bond acceptors (Lipinski definition) is 4. The number of nitrogens with zero attached hydrogens (tertiary/aromatic N) is 3. The first kappa shape index (κ1) is 16.8. The van der Waals surface area contributed by atoms with E-state index in [1.54, 1.807) is 19.9 Å². The molecule has 0 aliphatic heterocycles. The highest BCUT2D eigenvalue weighted by atomic mass is 19.4. The summed E-state index contributed by atoms with van der Waals surface area (Å²) >= 11 is 0. The van der Waals surface area contributed by atoms with Gasteiger partial charge in [-0.2, -0.15) is 18.4 Å². The van der Waals surface area contributed by atoms with E-state index >= 15 is 0 Å². The molecule has 0 saturated carbocycles. The van der Waals surface area contributed by atoms with Crippen LogP contribution < -0.4 is 4.90 Å². The quantitative estimate of drug-likeness (QED) is 0.904. The van der Waals surface area contributed by atoms with Gasteiger partial charge in [0.1, 0.15) is 17.6 Å². The predicted molar refractivity (Wildman–Crippen MR) is 68.7 cm³/mol. The average Bonchev–Trinajstić information content (AvgIpc) is 2.36. The fourth-order valence-corrected chi connectivity index (χ4v) is 1.74. The van der Waals surface area contributed by atoms with Gasteiger partial charge in [0, 0.05) is 12.6 Å². The predicted octanol–water partition coefficient (Wildman–Crippen LogP) is 2.66. The van der Waals surface area contributed by atoms with Gasteiger partial charge in [0.15, 0.2) is 0 Å². The second-order valence-electron chi connectivity index (χ2n) is 4.61. The molecule has 0 bridgehead atoms. The summed E-state index contributed by atoms with van der Waals surface area (Å²) in [6.07, 6.45) is -4.89. The number of alkyl halides is 3. The standard InChI is InChI=1S/C13H14F3N3O2/c1-8(2)19(6-5-11(20)21)12-9(7-17)3-4-10(18-12)13(14,15)16/h3-4,8H,5-6H2,1-2H3,(H,20,21). The van der Waals surface area contributed by atoms with Crippen molar-refractivity contribution in [3.63, 3.8) is 0 Å². The molecule has 114 valence electrons. The van der Waals surface area contributed by atoms with Gasteiger partial charge < -0.3 is 10.0 Å². The van der Waals surface area contributed by atoms with Gasteiger partial charge in [-0.1, -0.05) is 0 Å². The summed E-state index contributed by atoms with van der Waals surface area (Å²) in [5, 5.41) is 17.7. The molecule has 0 fully saturated rings. The van der Waals surface area contributed by atoms with Crippen molar-refractivity contribution in [3.8, 4) is 6.07 Å². The number of anilines is 1. The molecule has 1 aromatic heterocycles. The van der Waals surface area contributed by atoms with Crippen LogP contribution in [0.4, 0.5) is 19.0 Å². The summed E-state index contributed by atoms with van der Waals surface area (Å²) in [5.74, 6) is -1.23. The van der Waals surface area contributed by atoms with Crippen LogP contribution in [0.3, 0.4) is 0 Å².